The molecule has 0 aromatic heterocycles. The summed E-state index contributed by atoms with van der Waals surface area (Å²) in [5.41, 5.74) is 5.51. The maximum Gasteiger partial charge on any atom is 0.750 e. The Bertz CT molecular complexity index is 807. The molecule has 0 saturated carbocycles. The number of carbonyl (C=O) groups excluding carboxylic acids is 1. The molecule has 28 heavy (non-hydrogen) atoms. The first kappa shape index (κ1) is 20.5. The maximum absolute atomic E-state index is 13.5. The SMILES string of the molecule is C[N+]1(C2OC(CO[P+](=O)Oc3ccccc3)C(CF)C2O)C=CC(N)=NC1=O. The van der Waals surface area contributed by atoms with Gasteiger partial charge in [-0.2, -0.15) is 4.48 Å². The number of carbonyl (C=O) groups is 1. The summed E-state index contributed by atoms with van der Waals surface area (Å²) in [5.74, 6) is -0.580. The highest BCUT2D eigenvalue weighted by Gasteiger charge is 2.56. The first-order chi connectivity index (χ1) is 13.3. The molecule has 0 bridgehead atoms. The van der Waals surface area contributed by atoms with Gasteiger partial charge in [-0.05, 0) is 12.1 Å². The number of ether oxygens (including phenoxy) is 1. The first-order valence-corrected chi connectivity index (χ1v) is 9.61. The van der Waals surface area contributed by atoms with Gasteiger partial charge in [0.2, 0.25) is 6.23 Å². The van der Waals surface area contributed by atoms with Gasteiger partial charge < -0.3 is 15.6 Å². The van der Waals surface area contributed by atoms with Gasteiger partial charge in [0, 0.05) is 10.6 Å². The number of aliphatic imine (C=N–C) groups is 1. The fourth-order valence-electron chi connectivity index (χ4n) is 3.06. The molecule has 150 valence electrons. The second-order valence-electron chi connectivity index (χ2n) is 6.58. The zero-order chi connectivity index (χ0) is 20.3. The lowest BCUT2D eigenvalue weighted by Crippen LogP contribution is -2.57. The third-order valence-electron chi connectivity index (χ3n) is 4.69. The lowest BCUT2D eigenvalue weighted by Gasteiger charge is -2.33. The van der Waals surface area contributed by atoms with Crippen molar-refractivity contribution in [2.45, 2.75) is 18.4 Å². The zero-order valence-electron chi connectivity index (χ0n) is 15.1. The van der Waals surface area contributed by atoms with Crippen LogP contribution in [0.5, 0.6) is 5.75 Å². The van der Waals surface area contributed by atoms with E-state index in [9.17, 15) is 18.9 Å². The highest BCUT2D eigenvalue weighted by molar-refractivity contribution is 7.33. The summed E-state index contributed by atoms with van der Waals surface area (Å²) in [5, 5.41) is 10.5. The number of hydrogen-bond acceptors (Lipinski definition) is 7. The van der Waals surface area contributed by atoms with Crippen LogP contribution in [-0.4, -0.2) is 60.2 Å². The van der Waals surface area contributed by atoms with E-state index < -0.39 is 49.8 Å². The second-order valence-corrected chi connectivity index (χ2v) is 7.47. The van der Waals surface area contributed by atoms with Crippen LogP contribution in [0.1, 0.15) is 0 Å². The Balaban J connectivity index is 1.65. The maximum atomic E-state index is 13.5. The summed E-state index contributed by atoms with van der Waals surface area (Å²) in [4.78, 5) is 16.0. The molecule has 2 aliphatic heterocycles. The lowest BCUT2D eigenvalue weighted by molar-refractivity contribution is -0.835. The van der Waals surface area contributed by atoms with Gasteiger partial charge in [0.05, 0.1) is 19.6 Å². The number of urea groups is 1. The van der Waals surface area contributed by atoms with E-state index in [1.165, 1.54) is 19.3 Å². The molecule has 11 heteroatoms. The highest BCUT2D eigenvalue weighted by Crippen LogP contribution is 2.37. The van der Waals surface area contributed by atoms with E-state index in [0.717, 1.165) is 0 Å². The molecule has 1 saturated heterocycles. The number of benzene rings is 1. The third kappa shape index (κ3) is 4.11. The Hall–Kier alpha value is -2.23. The predicted molar refractivity (Wildman–Crippen MR) is 97.1 cm³/mol. The molecule has 3 rings (SSSR count). The molecular weight excluding hydrogens is 392 g/mol. The number of aliphatic hydroxyl groups excluding tert-OH is 1. The quantitative estimate of drug-likeness (QED) is 0.517. The Kier molecular flexibility index (Phi) is 6.17. The predicted octanol–water partition coefficient (Wildman–Crippen LogP) is 1.86. The van der Waals surface area contributed by atoms with Crippen molar-refractivity contribution < 1.29 is 37.1 Å². The standard InChI is InChI=1S/C17H20FN3O6P/c1-21(8-7-14(19)20-17(21)23)16-15(22)12(9-18)13(26-16)10-25-28(24)27-11-5-3-2-4-6-11/h2-8,12-13,15-16,22H,9-10H2,1H3,(H-,19,20,23)/q+1/p+1. The molecule has 9 nitrogen and oxygen atoms in total. The van der Waals surface area contributed by atoms with Crippen LogP contribution >= 0.6 is 8.25 Å². The molecular formula is C17H21FN3O6P+2. The van der Waals surface area contributed by atoms with Crippen LogP contribution in [0.25, 0.3) is 0 Å². The summed E-state index contributed by atoms with van der Waals surface area (Å²) in [6, 6.07) is 7.76. The summed E-state index contributed by atoms with van der Waals surface area (Å²) >= 11 is 0. The number of nitrogens with two attached hydrogens (primary N) is 1. The van der Waals surface area contributed by atoms with Crippen molar-refractivity contribution in [1.82, 2.24) is 0 Å². The number of hydrogen-bond donors (Lipinski definition) is 2. The average molecular weight is 413 g/mol. The van der Waals surface area contributed by atoms with Crippen molar-refractivity contribution >= 4 is 20.1 Å². The zero-order valence-corrected chi connectivity index (χ0v) is 15.9. The van der Waals surface area contributed by atoms with E-state index in [2.05, 4.69) is 4.99 Å². The van der Waals surface area contributed by atoms with Gasteiger partial charge in [0.25, 0.3) is 0 Å². The van der Waals surface area contributed by atoms with Gasteiger partial charge in [-0.3, -0.25) is 4.39 Å². The minimum absolute atomic E-state index is 0.0325. The topological polar surface area (TPSA) is 120 Å². The summed E-state index contributed by atoms with van der Waals surface area (Å²) in [7, 11) is -1.05. The Morgan fingerprint density at radius 2 is 2.11 bits per heavy atom. The summed E-state index contributed by atoms with van der Waals surface area (Å²) < 4.78 is 41.0. The third-order valence-corrected chi connectivity index (χ3v) is 5.41. The van der Waals surface area contributed by atoms with Gasteiger partial charge in [0.15, 0.2) is 5.75 Å². The normalized spacial score (nSPS) is 32.9. The van der Waals surface area contributed by atoms with Crippen molar-refractivity contribution in [2.75, 3.05) is 20.3 Å². The van der Waals surface area contributed by atoms with Crippen LogP contribution in [-0.2, 0) is 13.8 Å². The Labute approximate surface area is 161 Å². The van der Waals surface area contributed by atoms with Crippen LogP contribution in [0, 0.1) is 5.92 Å². The van der Waals surface area contributed by atoms with Crippen LogP contribution in [0.2, 0.25) is 0 Å². The van der Waals surface area contributed by atoms with Gasteiger partial charge in [-0.15, -0.1) is 9.52 Å². The van der Waals surface area contributed by atoms with Gasteiger partial charge in [0.1, 0.15) is 30.9 Å². The van der Waals surface area contributed by atoms with Crippen molar-refractivity contribution in [3.63, 3.8) is 0 Å². The molecule has 1 fully saturated rings. The number of para-hydroxylation sites is 1. The number of halogens is 1. The molecule has 2 amide bonds. The molecule has 0 spiro atoms. The van der Waals surface area contributed by atoms with E-state index >= 15 is 0 Å². The Morgan fingerprint density at radius 1 is 1.39 bits per heavy atom. The minimum Gasteiger partial charge on any atom is -0.384 e. The monoisotopic (exact) mass is 413 g/mol. The van der Waals surface area contributed by atoms with Crippen LogP contribution < -0.4 is 10.3 Å². The number of rotatable bonds is 7. The highest BCUT2D eigenvalue weighted by atomic mass is 31.1. The summed E-state index contributed by atoms with van der Waals surface area (Å²) in [6.07, 6.45) is -0.503. The molecule has 2 aliphatic rings. The molecule has 6 unspecified atom stereocenters. The first-order valence-electron chi connectivity index (χ1n) is 8.51. The second kappa shape index (κ2) is 8.42. The molecule has 0 radical (unpaired) electrons. The molecule has 6 atom stereocenters. The number of alkyl halides is 1. The number of quaternary nitrogens is 1. The van der Waals surface area contributed by atoms with Crippen LogP contribution in [0.4, 0.5) is 9.18 Å². The van der Waals surface area contributed by atoms with Crippen LogP contribution in [0.3, 0.4) is 0 Å². The molecule has 1 aromatic rings. The van der Waals surface area contributed by atoms with E-state index in [1.54, 1.807) is 30.3 Å². The van der Waals surface area contributed by atoms with Crippen molar-refractivity contribution in [3.8, 4) is 5.75 Å². The number of nitrogens with zero attached hydrogens (tertiary/aromatic N) is 2. The number of amides is 2. The van der Waals surface area contributed by atoms with E-state index in [-0.39, 0.29) is 12.4 Å². The van der Waals surface area contributed by atoms with Gasteiger partial charge >= 0.3 is 14.3 Å². The smallest absolute Gasteiger partial charge is 0.384 e. The molecule has 0 aliphatic carbocycles. The van der Waals surface area contributed by atoms with E-state index in [4.69, 9.17) is 19.5 Å². The Morgan fingerprint density at radius 3 is 2.75 bits per heavy atom. The summed E-state index contributed by atoms with van der Waals surface area (Å²) in [6.45, 7) is -1.20. The minimum atomic E-state index is -2.53. The largest absolute Gasteiger partial charge is 0.750 e. The molecule has 2 heterocycles. The van der Waals surface area contributed by atoms with Gasteiger partial charge in [-0.1, -0.05) is 18.2 Å². The van der Waals surface area contributed by atoms with E-state index in [0.29, 0.717) is 5.75 Å². The number of likely N-dealkylation sites (N-methyl/N-ethyl adjacent to an activating group) is 1. The van der Waals surface area contributed by atoms with Crippen molar-refractivity contribution in [1.29, 1.82) is 0 Å². The van der Waals surface area contributed by atoms with Crippen molar-refractivity contribution in [3.05, 3.63) is 42.6 Å². The van der Waals surface area contributed by atoms with E-state index in [1.807, 2.05) is 0 Å². The number of aliphatic hydroxyl groups is 1. The van der Waals surface area contributed by atoms with Crippen LogP contribution in [0.15, 0.2) is 47.6 Å². The fourth-order valence-corrected chi connectivity index (χ4v) is 3.68. The molecule has 1 aromatic carbocycles. The lowest BCUT2D eigenvalue weighted by atomic mass is 9.99. The molecule has 3 N–H and O–H groups in total. The van der Waals surface area contributed by atoms with Gasteiger partial charge in [-0.25, -0.2) is 9.32 Å². The number of amidine groups is 1. The average Bonchev–Trinajstić information content (AvgIpc) is 3.00. The van der Waals surface area contributed by atoms with Crippen molar-refractivity contribution in [2.24, 2.45) is 16.6 Å². The fraction of sp³-hybridized carbons (Fsp3) is 0.412.